The number of benzene rings is 1. The molecule has 2 rings (SSSR count). The third-order valence-electron chi connectivity index (χ3n) is 3.79. The molecule has 138 valence electrons. The Morgan fingerprint density at radius 1 is 1.24 bits per heavy atom. The van der Waals surface area contributed by atoms with Crippen LogP contribution in [-0.2, 0) is 6.42 Å². The maximum atomic E-state index is 12.4. The van der Waals surface area contributed by atoms with Crippen LogP contribution >= 0.6 is 24.0 Å². The number of carbonyl (C=O) groups excluding carboxylic acids is 1. The van der Waals surface area contributed by atoms with E-state index < -0.39 is 0 Å². The fourth-order valence-corrected chi connectivity index (χ4v) is 2.32. The SMILES string of the molecule is CNC(C)Cc1noc(C(NC(=O)c2ccc(Cl)cc2)C(C)C)n1.Cl. The van der Waals surface area contributed by atoms with Gasteiger partial charge in [0.2, 0.25) is 5.89 Å². The smallest absolute Gasteiger partial charge is 0.251 e. The van der Waals surface area contributed by atoms with Gasteiger partial charge in [-0.1, -0.05) is 30.6 Å². The van der Waals surface area contributed by atoms with Crippen molar-refractivity contribution in [1.29, 1.82) is 0 Å². The van der Waals surface area contributed by atoms with E-state index in [0.29, 0.717) is 28.7 Å². The maximum Gasteiger partial charge on any atom is 0.251 e. The Kier molecular flexibility index (Phi) is 8.35. The molecule has 8 heteroatoms. The molecule has 6 nitrogen and oxygen atoms in total. The van der Waals surface area contributed by atoms with Crippen molar-refractivity contribution in [3.8, 4) is 0 Å². The van der Waals surface area contributed by atoms with Crippen LogP contribution in [0.4, 0.5) is 0 Å². The summed E-state index contributed by atoms with van der Waals surface area (Å²) in [5, 5.41) is 10.7. The van der Waals surface area contributed by atoms with E-state index in [-0.39, 0.29) is 36.3 Å². The molecular formula is C17H24Cl2N4O2. The van der Waals surface area contributed by atoms with E-state index in [1.807, 2.05) is 27.8 Å². The molecule has 1 aromatic carbocycles. The number of hydrogen-bond acceptors (Lipinski definition) is 5. The Morgan fingerprint density at radius 3 is 2.44 bits per heavy atom. The van der Waals surface area contributed by atoms with Gasteiger partial charge in [0.1, 0.15) is 6.04 Å². The Labute approximate surface area is 159 Å². The zero-order valence-corrected chi connectivity index (χ0v) is 16.3. The van der Waals surface area contributed by atoms with Crippen LogP contribution in [0.25, 0.3) is 0 Å². The number of aromatic nitrogens is 2. The molecule has 0 saturated carbocycles. The molecule has 0 fully saturated rings. The highest BCUT2D eigenvalue weighted by molar-refractivity contribution is 6.30. The van der Waals surface area contributed by atoms with Gasteiger partial charge in [0.15, 0.2) is 5.82 Å². The average Bonchev–Trinajstić information content (AvgIpc) is 3.00. The highest BCUT2D eigenvalue weighted by Gasteiger charge is 2.25. The monoisotopic (exact) mass is 386 g/mol. The van der Waals surface area contributed by atoms with Gasteiger partial charge in [0.25, 0.3) is 5.91 Å². The predicted molar refractivity (Wildman–Crippen MR) is 100 cm³/mol. The van der Waals surface area contributed by atoms with E-state index in [0.717, 1.165) is 0 Å². The lowest BCUT2D eigenvalue weighted by molar-refractivity contribution is 0.0914. The van der Waals surface area contributed by atoms with E-state index in [1.165, 1.54) is 0 Å². The van der Waals surface area contributed by atoms with Crippen LogP contribution in [0, 0.1) is 5.92 Å². The quantitative estimate of drug-likeness (QED) is 0.761. The number of hydrogen-bond donors (Lipinski definition) is 2. The minimum absolute atomic E-state index is 0. The Morgan fingerprint density at radius 2 is 1.88 bits per heavy atom. The summed E-state index contributed by atoms with van der Waals surface area (Å²) in [6.45, 7) is 6.03. The number of nitrogens with zero attached hydrogens (tertiary/aromatic N) is 2. The Bertz CT molecular complexity index is 674. The molecule has 1 aromatic heterocycles. The van der Waals surface area contributed by atoms with E-state index in [2.05, 4.69) is 20.8 Å². The molecule has 0 radical (unpaired) electrons. The fraction of sp³-hybridized carbons (Fsp3) is 0.471. The van der Waals surface area contributed by atoms with Crippen molar-refractivity contribution in [2.24, 2.45) is 5.92 Å². The Hall–Kier alpha value is -1.63. The molecular weight excluding hydrogens is 363 g/mol. The van der Waals surface area contributed by atoms with Crippen molar-refractivity contribution in [3.63, 3.8) is 0 Å². The van der Waals surface area contributed by atoms with Gasteiger partial charge in [-0.15, -0.1) is 12.4 Å². The van der Waals surface area contributed by atoms with Crippen molar-refractivity contribution in [2.75, 3.05) is 7.05 Å². The van der Waals surface area contributed by atoms with E-state index in [4.69, 9.17) is 16.1 Å². The third kappa shape index (κ3) is 5.99. The summed E-state index contributed by atoms with van der Waals surface area (Å²) >= 11 is 5.85. The molecule has 1 amide bonds. The average molecular weight is 387 g/mol. The van der Waals surface area contributed by atoms with Gasteiger partial charge < -0.3 is 15.2 Å². The first-order chi connectivity index (χ1) is 11.4. The second-order valence-corrected chi connectivity index (χ2v) is 6.58. The number of nitrogens with one attached hydrogen (secondary N) is 2. The molecule has 0 aliphatic rings. The van der Waals surface area contributed by atoms with Crippen LogP contribution in [0.2, 0.25) is 5.02 Å². The van der Waals surface area contributed by atoms with Gasteiger partial charge in [-0.2, -0.15) is 4.98 Å². The van der Waals surface area contributed by atoms with Gasteiger partial charge in [-0.25, -0.2) is 0 Å². The largest absolute Gasteiger partial charge is 0.340 e. The first-order valence-electron chi connectivity index (χ1n) is 7.97. The molecule has 0 spiro atoms. The number of amides is 1. The number of rotatable bonds is 7. The van der Waals surface area contributed by atoms with Crippen molar-refractivity contribution in [3.05, 3.63) is 46.6 Å². The molecule has 0 saturated heterocycles. The summed E-state index contributed by atoms with van der Waals surface area (Å²) < 4.78 is 5.36. The first-order valence-corrected chi connectivity index (χ1v) is 8.34. The number of halogens is 2. The van der Waals surface area contributed by atoms with Crippen LogP contribution in [-0.4, -0.2) is 29.1 Å². The minimum Gasteiger partial charge on any atom is -0.340 e. The van der Waals surface area contributed by atoms with E-state index in [9.17, 15) is 4.79 Å². The first kappa shape index (κ1) is 21.4. The molecule has 0 aliphatic carbocycles. The molecule has 25 heavy (non-hydrogen) atoms. The maximum absolute atomic E-state index is 12.4. The standard InChI is InChI=1S/C17H23ClN4O2.ClH/c1-10(2)15(17-20-14(22-24-17)9-11(3)19-4)21-16(23)12-5-7-13(18)8-6-12;/h5-8,10-11,15,19H,9H2,1-4H3,(H,21,23);1H. The lowest BCUT2D eigenvalue weighted by Crippen LogP contribution is -2.32. The lowest BCUT2D eigenvalue weighted by Gasteiger charge is -2.18. The van der Waals surface area contributed by atoms with Crippen molar-refractivity contribution in [2.45, 2.75) is 39.3 Å². The highest BCUT2D eigenvalue weighted by Crippen LogP contribution is 2.21. The molecule has 2 aromatic rings. The van der Waals surface area contributed by atoms with Crippen LogP contribution < -0.4 is 10.6 Å². The topological polar surface area (TPSA) is 80.0 Å². The summed E-state index contributed by atoms with van der Waals surface area (Å²) in [6.07, 6.45) is 0.663. The molecule has 2 N–H and O–H groups in total. The summed E-state index contributed by atoms with van der Waals surface area (Å²) in [5.74, 6) is 0.953. The number of likely N-dealkylation sites (N-methyl/N-ethyl adjacent to an activating group) is 1. The van der Waals surface area contributed by atoms with E-state index in [1.54, 1.807) is 24.3 Å². The Balaban J connectivity index is 0.00000312. The van der Waals surface area contributed by atoms with Gasteiger partial charge in [0.05, 0.1) is 0 Å². The highest BCUT2D eigenvalue weighted by atomic mass is 35.5. The molecule has 1 heterocycles. The predicted octanol–water partition coefficient (Wildman–Crippen LogP) is 3.42. The van der Waals surface area contributed by atoms with Crippen LogP contribution in [0.5, 0.6) is 0 Å². The molecule has 0 bridgehead atoms. The van der Waals surface area contributed by atoms with Crippen LogP contribution in [0.1, 0.15) is 48.9 Å². The molecule has 2 unspecified atom stereocenters. The third-order valence-corrected chi connectivity index (χ3v) is 4.04. The van der Waals surface area contributed by atoms with Gasteiger partial charge in [0, 0.05) is 23.0 Å². The summed E-state index contributed by atoms with van der Waals surface area (Å²) in [4.78, 5) is 16.8. The van der Waals surface area contributed by atoms with Crippen LogP contribution in [0.3, 0.4) is 0 Å². The molecule has 0 aliphatic heterocycles. The van der Waals surface area contributed by atoms with Crippen molar-refractivity contribution < 1.29 is 9.32 Å². The molecule has 2 atom stereocenters. The second kappa shape index (κ2) is 9.75. The summed E-state index contributed by atoms with van der Waals surface area (Å²) in [7, 11) is 1.88. The second-order valence-electron chi connectivity index (χ2n) is 6.14. The van der Waals surface area contributed by atoms with Crippen LogP contribution in [0.15, 0.2) is 28.8 Å². The zero-order chi connectivity index (χ0) is 17.7. The summed E-state index contributed by atoms with van der Waals surface area (Å²) in [6, 6.07) is 6.64. The lowest BCUT2D eigenvalue weighted by atomic mass is 10.0. The summed E-state index contributed by atoms with van der Waals surface area (Å²) in [5.41, 5.74) is 0.536. The van der Waals surface area contributed by atoms with Crippen molar-refractivity contribution in [1.82, 2.24) is 20.8 Å². The van der Waals surface area contributed by atoms with Crippen molar-refractivity contribution >= 4 is 29.9 Å². The minimum atomic E-state index is -0.348. The zero-order valence-electron chi connectivity index (χ0n) is 14.7. The van der Waals surface area contributed by atoms with Gasteiger partial charge in [-0.3, -0.25) is 4.79 Å². The van der Waals surface area contributed by atoms with Gasteiger partial charge in [-0.05, 0) is 44.2 Å². The van der Waals surface area contributed by atoms with E-state index >= 15 is 0 Å². The number of carbonyl (C=O) groups is 1. The fourth-order valence-electron chi connectivity index (χ4n) is 2.19. The normalized spacial score (nSPS) is 13.2. The van der Waals surface area contributed by atoms with Gasteiger partial charge >= 0.3 is 0 Å².